The minimum absolute atomic E-state index is 0.120. The van der Waals surface area contributed by atoms with Gasteiger partial charge in [0.25, 0.3) is 0 Å². The minimum atomic E-state index is -0.120. The van der Waals surface area contributed by atoms with Crippen molar-refractivity contribution >= 4 is 39.9 Å². The smallest absolute Gasteiger partial charge is 0.244 e. The highest BCUT2D eigenvalue weighted by Crippen LogP contribution is 2.22. The van der Waals surface area contributed by atoms with E-state index >= 15 is 0 Å². The molecule has 2 rings (SSSR count). The van der Waals surface area contributed by atoms with E-state index in [0.717, 1.165) is 17.1 Å². The van der Waals surface area contributed by atoms with Crippen LogP contribution in [0.1, 0.15) is 26.0 Å². The van der Waals surface area contributed by atoms with E-state index < -0.39 is 0 Å². The molecule has 1 amide bonds. The van der Waals surface area contributed by atoms with Gasteiger partial charge in [0.15, 0.2) is 10.1 Å². The van der Waals surface area contributed by atoms with E-state index in [1.165, 1.54) is 17.4 Å². The number of fused-ring (bicyclic) bond motifs is 1. The Kier molecular flexibility index (Phi) is 4.04. The van der Waals surface area contributed by atoms with Crippen LogP contribution in [0.25, 0.3) is 11.0 Å². The van der Waals surface area contributed by atoms with E-state index in [4.69, 9.17) is 11.6 Å². The average Bonchev–Trinajstić information content (AvgIpc) is 2.87. The number of aromatic nitrogens is 2. The zero-order valence-electron chi connectivity index (χ0n) is 10.2. The molecule has 0 aliphatic rings. The number of amides is 1. The summed E-state index contributed by atoms with van der Waals surface area (Å²) in [5.41, 5.74) is 0.729. The van der Waals surface area contributed by atoms with Gasteiger partial charge >= 0.3 is 0 Å². The number of carbonyl (C=O) groups is 1. The molecule has 0 spiro atoms. The minimum Gasteiger partial charge on any atom is -0.350 e. The summed E-state index contributed by atoms with van der Waals surface area (Å²) >= 11 is 7.52. The number of rotatable bonds is 4. The lowest BCUT2D eigenvalue weighted by Gasteiger charge is -2.08. The summed E-state index contributed by atoms with van der Waals surface area (Å²) in [5.74, 6) is -0.120. The van der Waals surface area contributed by atoms with Gasteiger partial charge in [-0.1, -0.05) is 18.5 Å². The first-order valence-corrected chi connectivity index (χ1v) is 6.97. The van der Waals surface area contributed by atoms with Crippen molar-refractivity contribution in [2.45, 2.75) is 26.3 Å². The average molecular weight is 284 g/mol. The second-order valence-corrected chi connectivity index (χ2v) is 5.23. The van der Waals surface area contributed by atoms with Crippen LogP contribution < -0.4 is 5.32 Å². The molecule has 0 saturated heterocycles. The van der Waals surface area contributed by atoms with E-state index in [0.29, 0.717) is 5.15 Å². The molecule has 0 aromatic carbocycles. The summed E-state index contributed by atoms with van der Waals surface area (Å²) < 4.78 is 1.86. The molecule has 18 heavy (non-hydrogen) atoms. The van der Waals surface area contributed by atoms with Crippen LogP contribution in [-0.4, -0.2) is 21.3 Å². The Morgan fingerprint density at radius 2 is 2.50 bits per heavy atom. The topological polar surface area (TPSA) is 46.4 Å². The normalized spacial score (nSPS) is 13.3. The number of carbonyl (C=O) groups excluding carboxylic acids is 1. The van der Waals surface area contributed by atoms with Crippen molar-refractivity contribution in [3.05, 3.63) is 28.5 Å². The molecule has 4 nitrogen and oxygen atoms in total. The Balaban J connectivity index is 2.15. The third kappa shape index (κ3) is 2.73. The fourth-order valence-corrected chi connectivity index (χ4v) is 2.48. The Hall–Kier alpha value is -1.33. The SMILES string of the molecule is CC[C@@H](C)NC(=O)/C=C/c1c(Cl)nc2sccn12. The maximum absolute atomic E-state index is 11.6. The van der Waals surface area contributed by atoms with Crippen LogP contribution in [0.4, 0.5) is 0 Å². The summed E-state index contributed by atoms with van der Waals surface area (Å²) in [6.45, 7) is 3.99. The highest BCUT2D eigenvalue weighted by atomic mass is 35.5. The quantitative estimate of drug-likeness (QED) is 0.877. The molecule has 0 fully saturated rings. The predicted octanol–water partition coefficient (Wildman–Crippen LogP) is 2.98. The van der Waals surface area contributed by atoms with Crippen LogP contribution in [0.15, 0.2) is 17.7 Å². The van der Waals surface area contributed by atoms with Crippen molar-refractivity contribution in [2.75, 3.05) is 0 Å². The van der Waals surface area contributed by atoms with Crippen molar-refractivity contribution in [2.24, 2.45) is 0 Å². The molecule has 0 unspecified atom stereocenters. The van der Waals surface area contributed by atoms with Crippen LogP contribution in [-0.2, 0) is 4.79 Å². The highest BCUT2D eigenvalue weighted by Gasteiger charge is 2.09. The number of hydrogen-bond acceptors (Lipinski definition) is 3. The molecule has 1 atom stereocenters. The fourth-order valence-electron chi connectivity index (χ4n) is 1.47. The number of thiazole rings is 1. The maximum Gasteiger partial charge on any atom is 0.244 e. The van der Waals surface area contributed by atoms with Gasteiger partial charge < -0.3 is 5.32 Å². The third-order valence-corrected chi connectivity index (χ3v) is 3.68. The van der Waals surface area contributed by atoms with Crippen LogP contribution in [0.3, 0.4) is 0 Å². The summed E-state index contributed by atoms with van der Waals surface area (Å²) in [6, 6.07) is 0.171. The summed E-state index contributed by atoms with van der Waals surface area (Å²) in [4.78, 5) is 16.6. The van der Waals surface area contributed by atoms with Gasteiger partial charge in [0.05, 0.1) is 5.69 Å². The molecular formula is C12H14ClN3OS. The van der Waals surface area contributed by atoms with Gasteiger partial charge in [-0.25, -0.2) is 4.98 Å². The summed E-state index contributed by atoms with van der Waals surface area (Å²) in [6.07, 6.45) is 5.96. The van der Waals surface area contributed by atoms with Crippen molar-refractivity contribution in [3.8, 4) is 0 Å². The summed E-state index contributed by atoms with van der Waals surface area (Å²) in [5, 5.41) is 5.19. The van der Waals surface area contributed by atoms with Gasteiger partial charge in [-0.3, -0.25) is 9.20 Å². The first-order valence-electron chi connectivity index (χ1n) is 5.71. The molecular weight excluding hydrogens is 270 g/mol. The Bertz CT molecular complexity index is 587. The molecule has 2 aromatic rings. The zero-order valence-corrected chi connectivity index (χ0v) is 11.8. The van der Waals surface area contributed by atoms with E-state index in [9.17, 15) is 4.79 Å². The van der Waals surface area contributed by atoms with E-state index in [1.807, 2.05) is 29.8 Å². The van der Waals surface area contributed by atoms with Gasteiger partial charge in [-0.2, -0.15) is 0 Å². The molecule has 2 heterocycles. The number of imidazole rings is 1. The molecule has 0 saturated carbocycles. The van der Waals surface area contributed by atoms with Crippen molar-refractivity contribution in [1.82, 2.24) is 14.7 Å². The van der Waals surface area contributed by atoms with Gasteiger partial charge in [0.2, 0.25) is 5.91 Å². The highest BCUT2D eigenvalue weighted by molar-refractivity contribution is 7.15. The first kappa shape index (κ1) is 13.1. The van der Waals surface area contributed by atoms with Gasteiger partial charge in [0.1, 0.15) is 0 Å². The van der Waals surface area contributed by atoms with Crippen LogP contribution >= 0.6 is 22.9 Å². The Labute approximate surface area is 114 Å². The standard InChI is InChI=1S/C12H14ClN3OS/c1-3-8(2)14-10(17)5-4-9-11(13)15-12-16(9)6-7-18-12/h4-8H,3H2,1-2H3,(H,14,17)/b5-4+/t8-/m1/s1. The van der Waals surface area contributed by atoms with E-state index in [1.54, 1.807) is 6.08 Å². The largest absolute Gasteiger partial charge is 0.350 e. The number of hydrogen-bond donors (Lipinski definition) is 1. The second kappa shape index (κ2) is 5.54. The zero-order chi connectivity index (χ0) is 13.1. The fraction of sp³-hybridized carbons (Fsp3) is 0.333. The molecule has 0 bridgehead atoms. The first-order chi connectivity index (χ1) is 8.61. The van der Waals surface area contributed by atoms with E-state index in [-0.39, 0.29) is 11.9 Å². The molecule has 0 aliphatic heterocycles. The molecule has 96 valence electrons. The predicted molar refractivity (Wildman–Crippen MR) is 75.0 cm³/mol. The molecule has 1 N–H and O–H groups in total. The third-order valence-electron chi connectivity index (χ3n) is 2.65. The van der Waals surface area contributed by atoms with Crippen LogP contribution in [0, 0.1) is 0 Å². The lowest BCUT2D eigenvalue weighted by molar-refractivity contribution is -0.117. The lowest BCUT2D eigenvalue weighted by Crippen LogP contribution is -2.30. The van der Waals surface area contributed by atoms with Crippen LogP contribution in [0.5, 0.6) is 0 Å². The molecule has 0 aliphatic carbocycles. The van der Waals surface area contributed by atoms with Gasteiger partial charge in [-0.05, 0) is 19.4 Å². The van der Waals surface area contributed by atoms with Crippen molar-refractivity contribution in [1.29, 1.82) is 0 Å². The molecule has 6 heteroatoms. The number of nitrogens with zero attached hydrogens (tertiary/aromatic N) is 2. The van der Waals surface area contributed by atoms with E-state index in [2.05, 4.69) is 10.3 Å². The van der Waals surface area contributed by atoms with Gasteiger partial charge in [0, 0.05) is 23.7 Å². The number of nitrogens with one attached hydrogen (secondary N) is 1. The van der Waals surface area contributed by atoms with Crippen molar-refractivity contribution < 1.29 is 4.79 Å². The monoisotopic (exact) mass is 283 g/mol. The molecule has 0 radical (unpaired) electrons. The second-order valence-electron chi connectivity index (χ2n) is 3.99. The maximum atomic E-state index is 11.6. The Morgan fingerprint density at radius 1 is 1.72 bits per heavy atom. The summed E-state index contributed by atoms with van der Waals surface area (Å²) in [7, 11) is 0. The molecule has 2 aromatic heterocycles. The number of halogens is 1. The lowest BCUT2D eigenvalue weighted by atomic mass is 10.2. The van der Waals surface area contributed by atoms with Crippen molar-refractivity contribution in [3.63, 3.8) is 0 Å². The van der Waals surface area contributed by atoms with Gasteiger partial charge in [-0.15, -0.1) is 11.3 Å². The Morgan fingerprint density at radius 3 is 3.22 bits per heavy atom. The van der Waals surface area contributed by atoms with Crippen LogP contribution in [0.2, 0.25) is 5.15 Å².